The van der Waals surface area contributed by atoms with Gasteiger partial charge in [0.25, 0.3) is 0 Å². The van der Waals surface area contributed by atoms with Crippen LogP contribution < -0.4 is 0 Å². The summed E-state index contributed by atoms with van der Waals surface area (Å²) >= 11 is 0. The lowest BCUT2D eigenvalue weighted by Crippen LogP contribution is -2.01. The highest BCUT2D eigenvalue weighted by atomic mass is 16.3. The van der Waals surface area contributed by atoms with Crippen LogP contribution in [0.4, 0.5) is 0 Å². The smallest absolute Gasteiger partial charge is 0.0991 e. The molecule has 2 nitrogen and oxygen atoms in total. The molecule has 0 heterocycles. The Kier molecular flexibility index (Phi) is 3.67. The molecule has 0 radical (unpaired) electrons. The second-order valence-corrected chi connectivity index (χ2v) is 3.88. The highest BCUT2D eigenvalue weighted by Crippen LogP contribution is 2.20. The summed E-state index contributed by atoms with van der Waals surface area (Å²) in [6, 6.07) is 9.14. The van der Waals surface area contributed by atoms with Gasteiger partial charge in [0, 0.05) is 0 Å². The van der Waals surface area contributed by atoms with Gasteiger partial charge in [0.05, 0.1) is 17.7 Å². The monoisotopic (exact) mass is 189 g/mol. The molecule has 0 aliphatic rings. The van der Waals surface area contributed by atoms with Gasteiger partial charge >= 0.3 is 0 Å². The Morgan fingerprint density at radius 2 is 1.86 bits per heavy atom. The van der Waals surface area contributed by atoms with Gasteiger partial charge in [-0.15, -0.1) is 0 Å². The van der Waals surface area contributed by atoms with Crippen LogP contribution in [-0.2, 0) is 0 Å². The fourth-order valence-corrected chi connectivity index (χ4v) is 1.36. The van der Waals surface area contributed by atoms with E-state index >= 15 is 0 Å². The van der Waals surface area contributed by atoms with Crippen molar-refractivity contribution < 1.29 is 5.11 Å². The Morgan fingerprint density at radius 1 is 1.29 bits per heavy atom. The van der Waals surface area contributed by atoms with Crippen LogP contribution >= 0.6 is 0 Å². The van der Waals surface area contributed by atoms with Crippen molar-refractivity contribution in [2.24, 2.45) is 5.92 Å². The van der Waals surface area contributed by atoms with E-state index < -0.39 is 6.10 Å². The molecule has 0 spiro atoms. The van der Waals surface area contributed by atoms with Gasteiger partial charge in [-0.05, 0) is 30.0 Å². The third-order valence-electron chi connectivity index (χ3n) is 2.12. The van der Waals surface area contributed by atoms with E-state index in [0.29, 0.717) is 11.5 Å². The summed E-state index contributed by atoms with van der Waals surface area (Å²) in [6.45, 7) is 4.15. The van der Waals surface area contributed by atoms with Crippen LogP contribution in [0.15, 0.2) is 24.3 Å². The second kappa shape index (κ2) is 4.78. The zero-order chi connectivity index (χ0) is 10.6. The fourth-order valence-electron chi connectivity index (χ4n) is 1.36. The first-order valence-corrected chi connectivity index (χ1v) is 4.81. The molecule has 0 amide bonds. The van der Waals surface area contributed by atoms with E-state index in [-0.39, 0.29) is 0 Å². The molecule has 0 fully saturated rings. The van der Waals surface area contributed by atoms with E-state index in [2.05, 4.69) is 19.9 Å². The van der Waals surface area contributed by atoms with Crippen molar-refractivity contribution in [2.75, 3.05) is 0 Å². The molecular formula is C12H15NO. The van der Waals surface area contributed by atoms with Crippen LogP contribution in [0.25, 0.3) is 0 Å². The maximum atomic E-state index is 9.77. The Labute approximate surface area is 84.8 Å². The summed E-state index contributed by atoms with van der Waals surface area (Å²) in [5, 5.41) is 18.4. The molecule has 0 saturated heterocycles. The summed E-state index contributed by atoms with van der Waals surface area (Å²) in [4.78, 5) is 0. The third-order valence-corrected chi connectivity index (χ3v) is 2.12. The predicted molar refractivity (Wildman–Crippen MR) is 55.6 cm³/mol. The average Bonchev–Trinajstić information content (AvgIpc) is 2.17. The van der Waals surface area contributed by atoms with Crippen molar-refractivity contribution >= 4 is 0 Å². The van der Waals surface area contributed by atoms with Crippen LogP contribution in [0.3, 0.4) is 0 Å². The quantitative estimate of drug-likeness (QED) is 0.794. The summed E-state index contributed by atoms with van der Waals surface area (Å²) < 4.78 is 0. The zero-order valence-corrected chi connectivity index (χ0v) is 8.57. The van der Waals surface area contributed by atoms with Crippen LogP contribution in [0.2, 0.25) is 0 Å². The van der Waals surface area contributed by atoms with Crippen molar-refractivity contribution in [3.63, 3.8) is 0 Å². The van der Waals surface area contributed by atoms with Gasteiger partial charge in [0.1, 0.15) is 0 Å². The van der Waals surface area contributed by atoms with E-state index in [1.54, 1.807) is 12.1 Å². The van der Waals surface area contributed by atoms with E-state index in [1.807, 2.05) is 12.1 Å². The SMILES string of the molecule is CC(C)CC(O)c1ccc(C#N)cc1. The molecule has 1 unspecified atom stereocenters. The Bertz CT molecular complexity index is 321. The number of aliphatic hydroxyl groups is 1. The van der Waals surface area contributed by atoms with E-state index in [4.69, 9.17) is 5.26 Å². The van der Waals surface area contributed by atoms with Crippen LogP contribution in [0, 0.1) is 17.2 Å². The number of hydrogen-bond donors (Lipinski definition) is 1. The topological polar surface area (TPSA) is 44.0 Å². The minimum Gasteiger partial charge on any atom is -0.388 e. The molecule has 74 valence electrons. The molecule has 1 atom stereocenters. The maximum absolute atomic E-state index is 9.77. The van der Waals surface area contributed by atoms with Crippen molar-refractivity contribution in [3.05, 3.63) is 35.4 Å². The van der Waals surface area contributed by atoms with Crippen molar-refractivity contribution in [1.82, 2.24) is 0 Å². The van der Waals surface area contributed by atoms with Crippen molar-refractivity contribution in [2.45, 2.75) is 26.4 Å². The van der Waals surface area contributed by atoms with E-state index in [9.17, 15) is 5.11 Å². The lowest BCUT2D eigenvalue weighted by molar-refractivity contribution is 0.151. The first kappa shape index (κ1) is 10.7. The maximum Gasteiger partial charge on any atom is 0.0991 e. The van der Waals surface area contributed by atoms with Gasteiger partial charge in [-0.1, -0.05) is 26.0 Å². The van der Waals surface area contributed by atoms with Crippen molar-refractivity contribution in [3.8, 4) is 6.07 Å². The van der Waals surface area contributed by atoms with E-state index in [1.165, 1.54) is 0 Å². The number of aliphatic hydroxyl groups excluding tert-OH is 1. The molecule has 1 aromatic carbocycles. The van der Waals surface area contributed by atoms with E-state index in [0.717, 1.165) is 12.0 Å². The molecule has 2 heteroatoms. The van der Waals surface area contributed by atoms with Gasteiger partial charge < -0.3 is 5.11 Å². The molecule has 1 rings (SSSR count). The van der Waals surface area contributed by atoms with Gasteiger partial charge in [0.15, 0.2) is 0 Å². The number of benzene rings is 1. The molecular weight excluding hydrogens is 174 g/mol. The molecule has 14 heavy (non-hydrogen) atoms. The standard InChI is InChI=1S/C12H15NO/c1-9(2)7-12(14)11-5-3-10(8-13)4-6-11/h3-6,9,12,14H,7H2,1-2H3. The number of nitriles is 1. The summed E-state index contributed by atoms with van der Waals surface area (Å²) in [5.74, 6) is 0.473. The second-order valence-electron chi connectivity index (χ2n) is 3.88. The largest absolute Gasteiger partial charge is 0.388 e. The van der Waals surface area contributed by atoms with Gasteiger partial charge in [-0.25, -0.2) is 0 Å². The molecule has 1 aromatic rings. The number of hydrogen-bond acceptors (Lipinski definition) is 2. The minimum atomic E-state index is -0.414. The predicted octanol–water partition coefficient (Wildman–Crippen LogP) is 2.64. The summed E-state index contributed by atoms with van der Waals surface area (Å²) in [7, 11) is 0. The van der Waals surface area contributed by atoms with Crippen LogP contribution in [0.1, 0.15) is 37.5 Å². The Hall–Kier alpha value is -1.33. The number of rotatable bonds is 3. The minimum absolute atomic E-state index is 0.414. The molecule has 0 aliphatic heterocycles. The Morgan fingerprint density at radius 3 is 2.29 bits per heavy atom. The Balaban J connectivity index is 2.72. The molecule has 0 aliphatic carbocycles. The molecule has 0 bridgehead atoms. The summed E-state index contributed by atoms with van der Waals surface area (Å²) in [6.07, 6.45) is 0.342. The lowest BCUT2D eigenvalue weighted by atomic mass is 9.99. The van der Waals surface area contributed by atoms with Gasteiger partial charge in [-0.3, -0.25) is 0 Å². The van der Waals surface area contributed by atoms with Crippen LogP contribution in [0.5, 0.6) is 0 Å². The number of nitrogens with zero attached hydrogens (tertiary/aromatic N) is 1. The van der Waals surface area contributed by atoms with Gasteiger partial charge in [0.2, 0.25) is 0 Å². The highest BCUT2D eigenvalue weighted by Gasteiger charge is 2.08. The molecule has 1 N–H and O–H groups in total. The first-order chi connectivity index (χ1) is 6.63. The fraction of sp³-hybridized carbons (Fsp3) is 0.417. The lowest BCUT2D eigenvalue weighted by Gasteiger charge is -2.12. The van der Waals surface area contributed by atoms with Crippen molar-refractivity contribution in [1.29, 1.82) is 5.26 Å². The molecule has 0 saturated carbocycles. The zero-order valence-electron chi connectivity index (χ0n) is 8.57. The van der Waals surface area contributed by atoms with Crippen LogP contribution in [-0.4, -0.2) is 5.11 Å². The molecule has 0 aromatic heterocycles. The first-order valence-electron chi connectivity index (χ1n) is 4.81. The normalized spacial score (nSPS) is 12.5. The van der Waals surface area contributed by atoms with Gasteiger partial charge in [-0.2, -0.15) is 5.26 Å². The highest BCUT2D eigenvalue weighted by molar-refractivity contribution is 5.32. The summed E-state index contributed by atoms with van der Waals surface area (Å²) in [5.41, 5.74) is 1.52. The average molecular weight is 189 g/mol. The third kappa shape index (κ3) is 2.86.